The Balaban J connectivity index is 1.63. The number of hydrogen-bond acceptors (Lipinski definition) is 2. The van der Waals surface area contributed by atoms with Crippen LogP contribution in [-0.4, -0.2) is 12.7 Å². The quantitative estimate of drug-likeness (QED) is 0.443. The van der Waals surface area contributed by atoms with E-state index in [1.165, 1.54) is 57.8 Å². The number of nitrogens with zero attached hydrogens (tertiary/aromatic N) is 1. The van der Waals surface area contributed by atoms with E-state index in [2.05, 4.69) is 19.9 Å². The predicted molar refractivity (Wildman–Crippen MR) is 101 cm³/mol. The number of hydrogen-bond donors (Lipinski definition) is 0. The minimum atomic E-state index is -0.0345. The summed E-state index contributed by atoms with van der Waals surface area (Å²) in [6.45, 7) is 5.51. The minimum Gasteiger partial charge on any atom is -0.378 e. The van der Waals surface area contributed by atoms with Gasteiger partial charge in [-0.15, -0.1) is 0 Å². The maximum atomic E-state index is 9.64. The molecular formula is C22H39NO. The Morgan fingerprint density at radius 1 is 0.917 bits per heavy atom. The van der Waals surface area contributed by atoms with Crippen LogP contribution in [0.2, 0.25) is 0 Å². The second-order valence-corrected chi connectivity index (χ2v) is 8.56. The van der Waals surface area contributed by atoms with E-state index in [0.717, 1.165) is 50.5 Å². The summed E-state index contributed by atoms with van der Waals surface area (Å²) in [5.41, 5.74) is -0.0345. The number of nitriles is 1. The van der Waals surface area contributed by atoms with Crippen molar-refractivity contribution in [2.45, 2.75) is 110 Å². The maximum absolute atomic E-state index is 9.64. The molecule has 2 fully saturated rings. The molecular weight excluding hydrogens is 294 g/mol. The fourth-order valence-electron chi connectivity index (χ4n) is 4.81. The highest BCUT2D eigenvalue weighted by atomic mass is 16.5. The van der Waals surface area contributed by atoms with Gasteiger partial charge in [0.15, 0.2) is 0 Å². The molecule has 0 aromatic heterocycles. The van der Waals surface area contributed by atoms with Crippen LogP contribution < -0.4 is 0 Å². The van der Waals surface area contributed by atoms with Crippen LogP contribution in [0.3, 0.4) is 0 Å². The molecule has 0 aromatic carbocycles. The SMILES string of the molecule is CCCCC[C@]1(C#N)CC[C@H](OC[C@H]2CC[C@H](CCC)CC2)CC1. The lowest BCUT2D eigenvalue weighted by atomic mass is 9.71. The summed E-state index contributed by atoms with van der Waals surface area (Å²) in [5, 5.41) is 9.64. The van der Waals surface area contributed by atoms with E-state index >= 15 is 0 Å². The van der Waals surface area contributed by atoms with Crippen molar-refractivity contribution in [2.24, 2.45) is 17.3 Å². The third-order valence-electron chi connectivity index (χ3n) is 6.62. The predicted octanol–water partition coefficient (Wildman–Crippen LogP) is 6.64. The van der Waals surface area contributed by atoms with Gasteiger partial charge in [0, 0.05) is 6.61 Å². The summed E-state index contributed by atoms with van der Waals surface area (Å²) >= 11 is 0. The van der Waals surface area contributed by atoms with Gasteiger partial charge in [0.1, 0.15) is 0 Å². The molecule has 2 aliphatic rings. The van der Waals surface area contributed by atoms with Gasteiger partial charge in [-0.25, -0.2) is 0 Å². The van der Waals surface area contributed by atoms with Crippen molar-refractivity contribution in [3.63, 3.8) is 0 Å². The lowest BCUT2D eigenvalue weighted by molar-refractivity contribution is -0.0184. The molecule has 2 saturated carbocycles. The number of ether oxygens (including phenoxy) is 1. The van der Waals surface area contributed by atoms with Gasteiger partial charge in [-0.2, -0.15) is 5.26 Å². The van der Waals surface area contributed by atoms with Gasteiger partial charge in [0.25, 0.3) is 0 Å². The van der Waals surface area contributed by atoms with Crippen LogP contribution in [-0.2, 0) is 4.74 Å². The zero-order valence-corrected chi connectivity index (χ0v) is 16.2. The number of rotatable bonds is 9. The second-order valence-electron chi connectivity index (χ2n) is 8.56. The van der Waals surface area contributed by atoms with Gasteiger partial charge in [-0.3, -0.25) is 0 Å². The van der Waals surface area contributed by atoms with Crippen molar-refractivity contribution in [1.82, 2.24) is 0 Å². The molecule has 0 heterocycles. The molecule has 2 nitrogen and oxygen atoms in total. The summed E-state index contributed by atoms with van der Waals surface area (Å²) in [6.07, 6.45) is 17.9. The molecule has 0 aliphatic heterocycles. The Kier molecular flexibility index (Phi) is 8.60. The summed E-state index contributed by atoms with van der Waals surface area (Å²) in [5.74, 6) is 1.78. The van der Waals surface area contributed by atoms with Gasteiger partial charge < -0.3 is 4.74 Å². The van der Waals surface area contributed by atoms with E-state index < -0.39 is 0 Å². The lowest BCUT2D eigenvalue weighted by Crippen LogP contribution is -2.31. The van der Waals surface area contributed by atoms with Crippen LogP contribution in [0.4, 0.5) is 0 Å². The average Bonchev–Trinajstić information content (AvgIpc) is 2.63. The van der Waals surface area contributed by atoms with Crippen LogP contribution in [0.25, 0.3) is 0 Å². The molecule has 2 rings (SSSR count). The molecule has 0 spiro atoms. The summed E-state index contributed by atoms with van der Waals surface area (Å²) in [4.78, 5) is 0. The second kappa shape index (κ2) is 10.4. The Hall–Kier alpha value is -0.550. The van der Waals surface area contributed by atoms with Crippen LogP contribution >= 0.6 is 0 Å². The van der Waals surface area contributed by atoms with Crippen molar-refractivity contribution >= 4 is 0 Å². The normalized spacial score (nSPS) is 34.0. The van der Waals surface area contributed by atoms with E-state index in [1.807, 2.05) is 0 Å². The molecule has 0 bridgehead atoms. The van der Waals surface area contributed by atoms with Gasteiger partial charge in [0.2, 0.25) is 0 Å². The van der Waals surface area contributed by atoms with Crippen LogP contribution in [0.15, 0.2) is 0 Å². The van der Waals surface area contributed by atoms with Crippen molar-refractivity contribution in [3.05, 3.63) is 0 Å². The molecule has 24 heavy (non-hydrogen) atoms. The van der Waals surface area contributed by atoms with E-state index in [4.69, 9.17) is 4.74 Å². The summed E-state index contributed by atoms with van der Waals surface area (Å²) in [7, 11) is 0. The Morgan fingerprint density at radius 3 is 2.17 bits per heavy atom. The summed E-state index contributed by atoms with van der Waals surface area (Å²) < 4.78 is 6.27. The van der Waals surface area contributed by atoms with Gasteiger partial charge in [-0.1, -0.05) is 58.8 Å². The molecule has 0 radical (unpaired) electrons. The van der Waals surface area contributed by atoms with Crippen LogP contribution in [0.5, 0.6) is 0 Å². The summed E-state index contributed by atoms with van der Waals surface area (Å²) in [6, 6.07) is 2.66. The highest BCUT2D eigenvalue weighted by Gasteiger charge is 2.35. The fourth-order valence-corrected chi connectivity index (χ4v) is 4.81. The molecule has 2 aliphatic carbocycles. The third kappa shape index (κ3) is 6.07. The van der Waals surface area contributed by atoms with Crippen molar-refractivity contribution < 1.29 is 4.74 Å². The van der Waals surface area contributed by atoms with Gasteiger partial charge in [0.05, 0.1) is 17.6 Å². The molecule has 0 N–H and O–H groups in total. The lowest BCUT2D eigenvalue weighted by Gasteiger charge is -2.36. The standard InChI is InChI=1S/C22H39NO/c1-3-5-6-14-22(18-23)15-12-21(13-16-22)24-17-20-10-8-19(7-4-2)9-11-20/h19-21H,3-17H2,1-2H3/t19-,20-,21-,22-. The van der Waals surface area contributed by atoms with Crippen LogP contribution in [0.1, 0.15) is 104 Å². The largest absolute Gasteiger partial charge is 0.378 e. The highest BCUT2D eigenvalue weighted by Crippen LogP contribution is 2.41. The van der Waals surface area contributed by atoms with Crippen molar-refractivity contribution in [3.8, 4) is 6.07 Å². The monoisotopic (exact) mass is 333 g/mol. The number of unbranched alkanes of at least 4 members (excludes halogenated alkanes) is 2. The topological polar surface area (TPSA) is 33.0 Å². The molecule has 2 heteroatoms. The van der Waals surface area contributed by atoms with Crippen molar-refractivity contribution in [1.29, 1.82) is 5.26 Å². The minimum absolute atomic E-state index is 0.0345. The zero-order valence-electron chi connectivity index (χ0n) is 16.2. The third-order valence-corrected chi connectivity index (χ3v) is 6.62. The first-order chi connectivity index (χ1) is 11.7. The van der Waals surface area contributed by atoms with Crippen molar-refractivity contribution in [2.75, 3.05) is 6.61 Å². The Bertz CT molecular complexity index is 370. The van der Waals surface area contributed by atoms with E-state index in [1.54, 1.807) is 0 Å². The van der Waals surface area contributed by atoms with E-state index in [9.17, 15) is 5.26 Å². The molecule has 138 valence electrons. The first kappa shape index (κ1) is 19.8. The molecule has 0 saturated heterocycles. The van der Waals surface area contributed by atoms with Gasteiger partial charge in [-0.05, 0) is 56.8 Å². The van der Waals surface area contributed by atoms with Gasteiger partial charge >= 0.3 is 0 Å². The molecule has 0 atom stereocenters. The first-order valence-corrected chi connectivity index (χ1v) is 10.7. The van der Waals surface area contributed by atoms with E-state index in [0.29, 0.717) is 6.10 Å². The molecule has 0 amide bonds. The smallest absolute Gasteiger partial charge is 0.0689 e. The highest BCUT2D eigenvalue weighted by molar-refractivity contribution is 5.01. The molecule has 0 unspecified atom stereocenters. The zero-order chi connectivity index (χ0) is 17.3. The molecule has 0 aromatic rings. The fraction of sp³-hybridized carbons (Fsp3) is 0.955. The average molecular weight is 334 g/mol. The Morgan fingerprint density at radius 2 is 1.58 bits per heavy atom. The Labute approximate surface area is 150 Å². The van der Waals surface area contributed by atoms with E-state index in [-0.39, 0.29) is 5.41 Å². The maximum Gasteiger partial charge on any atom is 0.0689 e. The van der Waals surface area contributed by atoms with Crippen LogP contribution in [0, 0.1) is 28.6 Å². The first-order valence-electron chi connectivity index (χ1n) is 10.7.